The van der Waals surface area contributed by atoms with Crippen LogP contribution in [0.2, 0.25) is 0 Å². The van der Waals surface area contributed by atoms with Gasteiger partial charge in [-0.1, -0.05) is 25.1 Å². The van der Waals surface area contributed by atoms with E-state index in [9.17, 15) is 4.79 Å². The first-order chi connectivity index (χ1) is 10.2. The van der Waals surface area contributed by atoms with E-state index in [0.29, 0.717) is 6.54 Å². The largest absolute Gasteiger partial charge is 0.459 e. The van der Waals surface area contributed by atoms with E-state index in [-0.39, 0.29) is 11.7 Å². The van der Waals surface area contributed by atoms with Crippen molar-refractivity contribution in [1.82, 2.24) is 14.5 Å². The van der Waals surface area contributed by atoms with Gasteiger partial charge in [0.2, 0.25) is 0 Å². The third kappa shape index (κ3) is 2.64. The van der Waals surface area contributed by atoms with Gasteiger partial charge >= 0.3 is 5.69 Å². The number of aryl methyl sites for hydroxylation is 1. The van der Waals surface area contributed by atoms with Gasteiger partial charge in [-0.15, -0.1) is 0 Å². The van der Waals surface area contributed by atoms with Gasteiger partial charge in [0, 0.05) is 31.4 Å². The molecule has 1 N–H and O–H groups in total. The fraction of sp³-hybridized carbons (Fsp3) is 0.312. The molecule has 0 amide bonds. The Bertz CT molecular complexity index is 764. The first kappa shape index (κ1) is 13.7. The quantitative estimate of drug-likeness (QED) is 0.782. The smallest absolute Gasteiger partial charge is 0.327 e. The van der Waals surface area contributed by atoms with E-state index < -0.39 is 0 Å². The molecule has 0 fully saturated rings. The Morgan fingerprint density at radius 3 is 2.76 bits per heavy atom. The standard InChI is InChI=1S/C16H19N3O2/c1-3-17-13(11-19-9-8-18(2)16(19)20)15-10-12-6-4-5-7-14(12)21-15/h4-10,13,17H,3,11H2,1-2H3. The van der Waals surface area contributed by atoms with E-state index in [4.69, 9.17) is 4.42 Å². The molecule has 0 spiro atoms. The second kappa shape index (κ2) is 5.61. The topological polar surface area (TPSA) is 52.1 Å². The lowest BCUT2D eigenvalue weighted by molar-refractivity contribution is 0.391. The second-order valence-corrected chi connectivity index (χ2v) is 5.14. The van der Waals surface area contributed by atoms with Gasteiger partial charge in [-0.2, -0.15) is 0 Å². The molecule has 5 heteroatoms. The zero-order valence-electron chi connectivity index (χ0n) is 12.2. The van der Waals surface area contributed by atoms with E-state index in [1.165, 1.54) is 0 Å². The molecule has 2 heterocycles. The summed E-state index contributed by atoms with van der Waals surface area (Å²) in [6.45, 7) is 3.40. The average Bonchev–Trinajstić information content (AvgIpc) is 3.05. The number of hydrogen-bond donors (Lipinski definition) is 1. The summed E-state index contributed by atoms with van der Waals surface area (Å²) < 4.78 is 9.18. The molecule has 110 valence electrons. The molecule has 0 aliphatic carbocycles. The molecule has 3 rings (SSSR count). The Morgan fingerprint density at radius 2 is 2.10 bits per heavy atom. The van der Waals surface area contributed by atoms with Crippen LogP contribution in [0.25, 0.3) is 11.0 Å². The average molecular weight is 285 g/mol. The number of para-hydroxylation sites is 1. The van der Waals surface area contributed by atoms with Crippen LogP contribution in [0.5, 0.6) is 0 Å². The van der Waals surface area contributed by atoms with Crippen LogP contribution in [-0.2, 0) is 13.6 Å². The molecular weight excluding hydrogens is 266 g/mol. The number of fused-ring (bicyclic) bond motifs is 1. The molecule has 0 saturated heterocycles. The number of benzene rings is 1. The van der Waals surface area contributed by atoms with Crippen LogP contribution in [0.15, 0.2) is 51.9 Å². The monoisotopic (exact) mass is 285 g/mol. The molecule has 0 aliphatic heterocycles. The van der Waals surface area contributed by atoms with Crippen molar-refractivity contribution in [3.05, 3.63) is 59.0 Å². The van der Waals surface area contributed by atoms with Gasteiger partial charge in [0.05, 0.1) is 6.04 Å². The van der Waals surface area contributed by atoms with Crippen molar-refractivity contribution >= 4 is 11.0 Å². The lowest BCUT2D eigenvalue weighted by Gasteiger charge is -2.15. The Morgan fingerprint density at radius 1 is 1.29 bits per heavy atom. The van der Waals surface area contributed by atoms with Gasteiger partial charge in [0.25, 0.3) is 0 Å². The first-order valence-corrected chi connectivity index (χ1v) is 7.12. The molecule has 1 atom stereocenters. The molecular formula is C16H19N3O2. The van der Waals surface area contributed by atoms with Crippen molar-refractivity contribution in [3.63, 3.8) is 0 Å². The Labute approximate surface area is 122 Å². The van der Waals surface area contributed by atoms with E-state index in [1.54, 1.807) is 28.6 Å². The Hall–Kier alpha value is -2.27. The number of furan rings is 1. The van der Waals surface area contributed by atoms with Crippen LogP contribution in [0.3, 0.4) is 0 Å². The zero-order chi connectivity index (χ0) is 14.8. The number of aromatic nitrogens is 2. The van der Waals surface area contributed by atoms with Crippen LogP contribution in [0, 0.1) is 0 Å². The highest BCUT2D eigenvalue weighted by Gasteiger charge is 2.17. The third-order valence-corrected chi connectivity index (χ3v) is 3.64. The van der Waals surface area contributed by atoms with Crippen LogP contribution in [0.1, 0.15) is 18.7 Å². The van der Waals surface area contributed by atoms with Crippen LogP contribution < -0.4 is 11.0 Å². The lowest BCUT2D eigenvalue weighted by Crippen LogP contribution is -2.30. The van der Waals surface area contributed by atoms with Crippen LogP contribution >= 0.6 is 0 Å². The fourth-order valence-electron chi connectivity index (χ4n) is 2.52. The summed E-state index contributed by atoms with van der Waals surface area (Å²) in [5, 5.41) is 4.46. The van der Waals surface area contributed by atoms with Crippen LogP contribution in [-0.4, -0.2) is 15.7 Å². The molecule has 0 saturated carbocycles. The summed E-state index contributed by atoms with van der Waals surface area (Å²) in [7, 11) is 1.75. The van der Waals surface area contributed by atoms with E-state index in [0.717, 1.165) is 23.3 Å². The highest BCUT2D eigenvalue weighted by Crippen LogP contribution is 2.24. The number of imidazole rings is 1. The van der Waals surface area contributed by atoms with Crippen molar-refractivity contribution in [3.8, 4) is 0 Å². The predicted octanol–water partition coefficient (Wildman–Crippen LogP) is 2.28. The van der Waals surface area contributed by atoms with Crippen molar-refractivity contribution in [2.24, 2.45) is 7.05 Å². The zero-order valence-corrected chi connectivity index (χ0v) is 12.2. The van der Waals surface area contributed by atoms with Gasteiger partial charge in [-0.3, -0.25) is 4.57 Å². The minimum absolute atomic E-state index is 0.0194. The SMILES string of the molecule is CCNC(Cn1ccn(C)c1=O)c1cc2ccccc2o1. The Kier molecular flexibility index (Phi) is 3.66. The predicted molar refractivity (Wildman–Crippen MR) is 82.3 cm³/mol. The summed E-state index contributed by atoms with van der Waals surface area (Å²) in [5.41, 5.74) is 0.852. The Balaban J connectivity index is 1.93. The maximum absolute atomic E-state index is 12.0. The summed E-state index contributed by atoms with van der Waals surface area (Å²) in [6.07, 6.45) is 3.57. The minimum Gasteiger partial charge on any atom is -0.459 e. The number of hydrogen-bond acceptors (Lipinski definition) is 3. The van der Waals surface area contributed by atoms with Crippen molar-refractivity contribution in [1.29, 1.82) is 0 Å². The number of nitrogens with one attached hydrogen (secondary N) is 1. The van der Waals surface area contributed by atoms with E-state index >= 15 is 0 Å². The van der Waals surface area contributed by atoms with E-state index in [2.05, 4.69) is 5.32 Å². The molecule has 0 aliphatic rings. The normalized spacial score (nSPS) is 12.9. The lowest BCUT2D eigenvalue weighted by atomic mass is 10.2. The molecule has 5 nitrogen and oxygen atoms in total. The number of likely N-dealkylation sites (N-methyl/N-ethyl adjacent to an activating group) is 1. The molecule has 3 aromatic rings. The molecule has 0 bridgehead atoms. The second-order valence-electron chi connectivity index (χ2n) is 5.14. The number of rotatable bonds is 5. The summed E-state index contributed by atoms with van der Waals surface area (Å²) in [6, 6.07) is 9.95. The highest BCUT2D eigenvalue weighted by molar-refractivity contribution is 5.77. The summed E-state index contributed by atoms with van der Waals surface area (Å²) >= 11 is 0. The van der Waals surface area contributed by atoms with Gasteiger partial charge < -0.3 is 14.3 Å². The van der Waals surface area contributed by atoms with Gasteiger partial charge in [0.1, 0.15) is 11.3 Å². The molecule has 1 unspecified atom stereocenters. The van der Waals surface area contributed by atoms with E-state index in [1.807, 2.05) is 37.3 Å². The first-order valence-electron chi connectivity index (χ1n) is 7.12. The van der Waals surface area contributed by atoms with Gasteiger partial charge in [-0.25, -0.2) is 4.79 Å². The van der Waals surface area contributed by atoms with Gasteiger partial charge in [-0.05, 0) is 18.7 Å². The maximum Gasteiger partial charge on any atom is 0.327 e. The van der Waals surface area contributed by atoms with Crippen LogP contribution in [0.4, 0.5) is 0 Å². The number of nitrogens with zero attached hydrogens (tertiary/aromatic N) is 2. The maximum atomic E-state index is 12.0. The van der Waals surface area contributed by atoms with Crippen molar-refractivity contribution < 1.29 is 4.42 Å². The highest BCUT2D eigenvalue weighted by atomic mass is 16.3. The third-order valence-electron chi connectivity index (χ3n) is 3.64. The summed E-state index contributed by atoms with van der Waals surface area (Å²) in [4.78, 5) is 12.0. The van der Waals surface area contributed by atoms with Gasteiger partial charge in [0.15, 0.2) is 0 Å². The summed E-state index contributed by atoms with van der Waals surface area (Å²) in [5.74, 6) is 0.855. The molecule has 21 heavy (non-hydrogen) atoms. The molecule has 0 radical (unpaired) electrons. The molecule has 1 aromatic carbocycles. The van der Waals surface area contributed by atoms with Crippen molar-refractivity contribution in [2.75, 3.05) is 6.54 Å². The molecule has 2 aromatic heterocycles. The van der Waals surface area contributed by atoms with Crippen molar-refractivity contribution in [2.45, 2.75) is 19.5 Å². The minimum atomic E-state index is -0.0255. The fourth-order valence-corrected chi connectivity index (χ4v) is 2.52.